The quantitative estimate of drug-likeness (QED) is 0.223. The number of amides is 1. The minimum atomic E-state index is -0.472. The van der Waals surface area contributed by atoms with Crippen molar-refractivity contribution in [1.82, 2.24) is 10.6 Å². The van der Waals surface area contributed by atoms with E-state index in [0.29, 0.717) is 42.4 Å². The number of ketones is 1. The summed E-state index contributed by atoms with van der Waals surface area (Å²) in [7, 11) is 0. The molecular weight excluding hydrogens is 426 g/mol. The Morgan fingerprint density at radius 1 is 1.12 bits per heavy atom. The van der Waals surface area contributed by atoms with Gasteiger partial charge in [-0.05, 0) is 99.0 Å². The molecule has 3 saturated carbocycles. The molecule has 0 aromatic carbocycles. The monoisotopic (exact) mass is 471 g/mol. The normalized spacial score (nSPS) is 37.5. The summed E-state index contributed by atoms with van der Waals surface area (Å²) >= 11 is 0. The summed E-state index contributed by atoms with van der Waals surface area (Å²) in [6, 6.07) is 0. The van der Waals surface area contributed by atoms with Gasteiger partial charge in [0.25, 0.3) is 0 Å². The maximum atomic E-state index is 12.1. The molecule has 34 heavy (non-hydrogen) atoms. The second-order valence-electron chi connectivity index (χ2n) is 12.3. The summed E-state index contributed by atoms with van der Waals surface area (Å²) < 4.78 is 0. The van der Waals surface area contributed by atoms with Crippen LogP contribution in [0.1, 0.15) is 86.0 Å². The number of rotatable bonds is 7. The average Bonchev–Trinajstić information content (AvgIpc) is 3.15. The molecule has 4 rings (SSSR count). The Bertz CT molecular complexity index is 850. The zero-order chi connectivity index (χ0) is 24.5. The van der Waals surface area contributed by atoms with E-state index in [1.807, 2.05) is 13.0 Å². The van der Waals surface area contributed by atoms with Gasteiger partial charge in [-0.2, -0.15) is 0 Å². The predicted molar refractivity (Wildman–Crippen MR) is 136 cm³/mol. The van der Waals surface area contributed by atoms with Crippen molar-refractivity contribution in [1.29, 1.82) is 0 Å². The van der Waals surface area contributed by atoms with Crippen LogP contribution in [0.3, 0.4) is 0 Å². The van der Waals surface area contributed by atoms with E-state index in [-0.39, 0.29) is 10.8 Å². The van der Waals surface area contributed by atoms with Crippen LogP contribution in [0.4, 0.5) is 4.79 Å². The van der Waals surface area contributed by atoms with Gasteiger partial charge in [-0.1, -0.05) is 38.4 Å². The first-order valence-electron chi connectivity index (χ1n) is 13.6. The molecule has 0 unspecified atom stereocenters. The number of nitrogens with zero attached hydrogens (tertiary/aromatic N) is 1. The van der Waals surface area contributed by atoms with Crippen LogP contribution in [0.15, 0.2) is 16.8 Å². The highest BCUT2D eigenvalue weighted by Gasteiger charge is 2.59. The highest BCUT2D eigenvalue weighted by molar-refractivity contribution is 5.91. The van der Waals surface area contributed by atoms with Gasteiger partial charge in [0, 0.05) is 25.4 Å². The van der Waals surface area contributed by atoms with Gasteiger partial charge in [0.05, 0.1) is 5.71 Å². The number of fused-ring (bicyclic) bond motifs is 5. The smallest absolute Gasteiger partial charge is 0.318 e. The molecule has 1 amide bonds. The van der Waals surface area contributed by atoms with Crippen LogP contribution in [-0.2, 0) is 9.63 Å². The molecule has 0 bridgehead atoms. The molecule has 190 valence electrons. The molecular formula is C28H45N3O3. The fraction of sp³-hybridized carbons (Fsp3) is 0.821. The third-order valence-corrected chi connectivity index (χ3v) is 9.86. The lowest BCUT2D eigenvalue weighted by Crippen LogP contribution is -2.51. The molecule has 0 heterocycles. The molecule has 2 N–H and O–H groups in total. The van der Waals surface area contributed by atoms with E-state index in [1.165, 1.54) is 31.3 Å². The molecule has 0 spiro atoms. The van der Waals surface area contributed by atoms with Gasteiger partial charge < -0.3 is 10.6 Å². The Labute approximate surface area is 205 Å². The second kappa shape index (κ2) is 10.1. The van der Waals surface area contributed by atoms with Crippen LogP contribution in [0.5, 0.6) is 0 Å². The van der Waals surface area contributed by atoms with Gasteiger partial charge in [0.1, 0.15) is 0 Å². The number of hydrogen-bond acceptors (Lipinski definition) is 5. The van der Waals surface area contributed by atoms with Crippen molar-refractivity contribution < 1.29 is 14.4 Å². The van der Waals surface area contributed by atoms with Crippen molar-refractivity contribution in [3.05, 3.63) is 11.6 Å². The van der Waals surface area contributed by atoms with Crippen molar-refractivity contribution in [3.8, 4) is 0 Å². The molecule has 6 heteroatoms. The van der Waals surface area contributed by atoms with Crippen molar-refractivity contribution in [3.63, 3.8) is 0 Å². The van der Waals surface area contributed by atoms with Crippen molar-refractivity contribution in [2.24, 2.45) is 45.6 Å². The zero-order valence-electron chi connectivity index (χ0n) is 21.9. The first-order valence-corrected chi connectivity index (χ1v) is 13.6. The van der Waals surface area contributed by atoms with Crippen LogP contribution in [0, 0.1) is 40.4 Å². The molecule has 0 saturated heterocycles. The summed E-state index contributed by atoms with van der Waals surface area (Å²) in [6.45, 7) is 13.5. The molecule has 0 radical (unpaired) electrons. The van der Waals surface area contributed by atoms with E-state index in [4.69, 9.17) is 4.84 Å². The van der Waals surface area contributed by atoms with E-state index >= 15 is 0 Å². The van der Waals surface area contributed by atoms with E-state index in [9.17, 15) is 9.59 Å². The third-order valence-electron chi connectivity index (χ3n) is 9.86. The van der Waals surface area contributed by atoms with Gasteiger partial charge in [0.2, 0.25) is 0 Å². The summed E-state index contributed by atoms with van der Waals surface area (Å²) in [6.07, 6.45) is 10.4. The highest BCUT2D eigenvalue weighted by atomic mass is 16.7. The van der Waals surface area contributed by atoms with E-state index in [0.717, 1.165) is 44.0 Å². The Morgan fingerprint density at radius 2 is 1.91 bits per heavy atom. The Balaban J connectivity index is 1.36. The molecule has 6 atom stereocenters. The largest absolute Gasteiger partial charge is 0.433 e. The maximum absolute atomic E-state index is 12.1. The van der Waals surface area contributed by atoms with Crippen molar-refractivity contribution >= 4 is 17.6 Å². The maximum Gasteiger partial charge on any atom is 0.433 e. The topological polar surface area (TPSA) is 79.8 Å². The fourth-order valence-electron chi connectivity index (χ4n) is 8.10. The molecule has 4 aliphatic rings. The number of carbonyl (C=O) groups excluding carboxylic acids is 2. The minimum absolute atomic E-state index is 0.213. The standard InChI is InChI=1S/C28H45N3O3/c1-18(2)17-29-14-15-30-26(33)34-31-19(3)23-8-9-24-22-7-6-20-16-21(32)10-12-27(20,4)25(22)11-13-28(23,24)5/h16,18,22-25,29H,6-15,17H2,1-5H3,(H,30,33)/b31-19+/t22-,23+,24-,25-,27-,28+/m0/s1. The Hall–Kier alpha value is -1.69. The molecule has 3 fully saturated rings. The molecule has 0 aromatic heterocycles. The minimum Gasteiger partial charge on any atom is -0.318 e. The van der Waals surface area contributed by atoms with E-state index in [1.54, 1.807) is 0 Å². The molecule has 0 aliphatic heterocycles. The van der Waals surface area contributed by atoms with Crippen molar-refractivity contribution in [2.75, 3.05) is 19.6 Å². The second-order valence-corrected chi connectivity index (χ2v) is 12.3. The van der Waals surface area contributed by atoms with Crippen LogP contribution in [0.2, 0.25) is 0 Å². The molecule has 6 nitrogen and oxygen atoms in total. The number of allylic oxidation sites excluding steroid dienone is 1. The number of nitrogens with one attached hydrogen (secondary N) is 2. The summed E-state index contributed by atoms with van der Waals surface area (Å²) in [5.41, 5.74) is 2.82. The Kier molecular flexibility index (Phi) is 7.56. The fourth-order valence-corrected chi connectivity index (χ4v) is 8.10. The van der Waals surface area contributed by atoms with Crippen molar-refractivity contribution in [2.45, 2.75) is 86.0 Å². The van der Waals surface area contributed by atoms with Gasteiger partial charge >= 0.3 is 6.09 Å². The molecule has 4 aliphatic carbocycles. The van der Waals surface area contributed by atoms with Crippen LogP contribution < -0.4 is 10.6 Å². The number of oxime groups is 1. The first kappa shape index (κ1) is 25.4. The van der Waals surface area contributed by atoms with Crippen LogP contribution >= 0.6 is 0 Å². The zero-order valence-corrected chi connectivity index (χ0v) is 21.9. The number of hydrogen-bond donors (Lipinski definition) is 2. The highest BCUT2D eigenvalue weighted by Crippen LogP contribution is 2.66. The van der Waals surface area contributed by atoms with Crippen LogP contribution in [0.25, 0.3) is 0 Å². The lowest BCUT2D eigenvalue weighted by Gasteiger charge is -2.58. The SMILES string of the molecule is C/C(=N\OC(=O)NCCNCC(C)C)[C@H]1CC[C@H]2[C@@H]3CCC4=CC(=O)CC[C@]4(C)[C@H]3CC[C@]12C. The molecule has 0 aromatic rings. The van der Waals surface area contributed by atoms with E-state index < -0.39 is 6.09 Å². The first-order chi connectivity index (χ1) is 16.1. The van der Waals surface area contributed by atoms with Gasteiger partial charge in [0.15, 0.2) is 5.78 Å². The summed E-state index contributed by atoms with van der Waals surface area (Å²) in [5, 5.41) is 10.4. The van der Waals surface area contributed by atoms with E-state index in [2.05, 4.69) is 43.5 Å². The predicted octanol–water partition coefficient (Wildman–Crippen LogP) is 5.48. The van der Waals surface area contributed by atoms with Gasteiger partial charge in [-0.3, -0.25) is 9.63 Å². The summed E-state index contributed by atoms with van der Waals surface area (Å²) in [4.78, 5) is 29.4. The lowest BCUT2D eigenvalue weighted by atomic mass is 9.46. The van der Waals surface area contributed by atoms with Gasteiger partial charge in [-0.25, -0.2) is 4.79 Å². The van der Waals surface area contributed by atoms with Gasteiger partial charge in [-0.15, -0.1) is 0 Å². The average molecular weight is 472 g/mol. The van der Waals surface area contributed by atoms with Crippen LogP contribution in [-0.4, -0.2) is 37.2 Å². The Morgan fingerprint density at radius 3 is 2.68 bits per heavy atom. The third kappa shape index (κ3) is 4.84. The number of carbonyl (C=O) groups is 2. The summed E-state index contributed by atoms with van der Waals surface area (Å²) in [5.74, 6) is 3.41. The lowest BCUT2D eigenvalue weighted by molar-refractivity contribution is -0.117.